The van der Waals surface area contributed by atoms with E-state index in [1.165, 1.54) is 24.3 Å². The molecule has 0 saturated carbocycles. The topological polar surface area (TPSA) is 49.9 Å². The van der Waals surface area contributed by atoms with E-state index in [2.05, 4.69) is 0 Å². The second-order valence-electron chi connectivity index (χ2n) is 7.06. The number of hydrogen-bond acceptors (Lipinski definition) is 4. The molecular formula is C23H17FN2O3. The van der Waals surface area contributed by atoms with Gasteiger partial charge in [-0.1, -0.05) is 48.5 Å². The molecule has 2 aliphatic rings. The molecule has 6 heteroatoms. The summed E-state index contributed by atoms with van der Waals surface area (Å²) in [5, 5.41) is 1.66. The van der Waals surface area contributed by atoms with Gasteiger partial charge in [-0.2, -0.15) is 0 Å². The number of nitrogens with zero attached hydrogens (tertiary/aromatic N) is 2. The van der Waals surface area contributed by atoms with Crippen LogP contribution in [0.5, 0.6) is 0 Å². The lowest BCUT2D eigenvalue weighted by molar-refractivity contribution is -0.126. The number of rotatable bonds is 3. The molecular weight excluding hydrogens is 371 g/mol. The van der Waals surface area contributed by atoms with Crippen LogP contribution in [0.1, 0.15) is 11.6 Å². The average Bonchev–Trinajstić information content (AvgIpc) is 3.27. The number of imide groups is 1. The van der Waals surface area contributed by atoms with E-state index in [0.717, 1.165) is 16.2 Å². The van der Waals surface area contributed by atoms with Crippen molar-refractivity contribution >= 4 is 23.2 Å². The molecule has 0 aromatic heterocycles. The van der Waals surface area contributed by atoms with Crippen molar-refractivity contribution in [3.05, 3.63) is 96.3 Å². The van der Waals surface area contributed by atoms with E-state index in [-0.39, 0.29) is 5.91 Å². The van der Waals surface area contributed by atoms with Crippen molar-refractivity contribution in [3.8, 4) is 0 Å². The fourth-order valence-electron chi connectivity index (χ4n) is 4.05. The summed E-state index contributed by atoms with van der Waals surface area (Å²) in [5.41, 5.74) is 1.99. The molecule has 2 amide bonds. The molecule has 3 aromatic carbocycles. The Morgan fingerprint density at radius 2 is 1.34 bits per heavy atom. The molecule has 0 bridgehead atoms. The van der Waals surface area contributed by atoms with Crippen LogP contribution in [-0.2, 0) is 14.4 Å². The van der Waals surface area contributed by atoms with E-state index in [4.69, 9.17) is 4.84 Å². The summed E-state index contributed by atoms with van der Waals surface area (Å²) in [6.45, 7) is 0. The lowest BCUT2D eigenvalue weighted by Gasteiger charge is -2.28. The number of fused-ring (bicyclic) bond motifs is 1. The van der Waals surface area contributed by atoms with Crippen LogP contribution in [0, 0.1) is 11.7 Å². The molecule has 2 saturated heterocycles. The first-order chi connectivity index (χ1) is 14.1. The summed E-state index contributed by atoms with van der Waals surface area (Å²) in [6.07, 6.45) is -0.932. The first kappa shape index (κ1) is 17.6. The predicted molar refractivity (Wildman–Crippen MR) is 105 cm³/mol. The van der Waals surface area contributed by atoms with Gasteiger partial charge in [0, 0.05) is 0 Å². The Labute approximate surface area is 166 Å². The fraction of sp³-hybridized carbons (Fsp3) is 0.130. The molecule has 0 unspecified atom stereocenters. The van der Waals surface area contributed by atoms with Gasteiger partial charge in [0.05, 0.1) is 17.4 Å². The predicted octanol–water partition coefficient (Wildman–Crippen LogP) is 3.88. The second-order valence-corrected chi connectivity index (χ2v) is 7.06. The number of carbonyl (C=O) groups excluding carboxylic acids is 2. The lowest BCUT2D eigenvalue weighted by Crippen LogP contribution is -2.37. The SMILES string of the molecule is O=C1[C@@H]2[C@H](ON(c3ccccc3)[C@H]2c2ccccc2)C(=O)N1c1ccc(F)cc1. The molecule has 2 heterocycles. The molecule has 0 N–H and O–H groups in total. The van der Waals surface area contributed by atoms with Gasteiger partial charge in [-0.05, 0) is 42.0 Å². The highest BCUT2D eigenvalue weighted by atomic mass is 19.1. The number of hydroxylamine groups is 1. The van der Waals surface area contributed by atoms with Crippen molar-refractivity contribution in [2.45, 2.75) is 12.1 Å². The number of carbonyl (C=O) groups is 2. The van der Waals surface area contributed by atoms with Crippen LogP contribution >= 0.6 is 0 Å². The molecule has 3 aromatic rings. The Morgan fingerprint density at radius 1 is 0.724 bits per heavy atom. The van der Waals surface area contributed by atoms with Gasteiger partial charge in [0.1, 0.15) is 11.7 Å². The summed E-state index contributed by atoms with van der Waals surface area (Å²) >= 11 is 0. The molecule has 29 heavy (non-hydrogen) atoms. The molecule has 2 aliphatic heterocycles. The van der Waals surface area contributed by atoms with Crippen molar-refractivity contribution in [1.82, 2.24) is 0 Å². The van der Waals surface area contributed by atoms with E-state index < -0.39 is 29.8 Å². The smallest absolute Gasteiger partial charge is 0.266 e. The summed E-state index contributed by atoms with van der Waals surface area (Å²) in [6, 6.07) is 23.8. The number of amides is 2. The first-order valence-corrected chi connectivity index (χ1v) is 9.34. The van der Waals surface area contributed by atoms with Crippen molar-refractivity contribution in [1.29, 1.82) is 0 Å². The molecule has 3 atom stereocenters. The number of halogens is 1. The van der Waals surface area contributed by atoms with Crippen LogP contribution in [0.4, 0.5) is 15.8 Å². The van der Waals surface area contributed by atoms with Crippen molar-refractivity contribution in [2.75, 3.05) is 9.96 Å². The van der Waals surface area contributed by atoms with Gasteiger partial charge in [-0.25, -0.2) is 14.4 Å². The summed E-state index contributed by atoms with van der Waals surface area (Å²) < 4.78 is 13.3. The van der Waals surface area contributed by atoms with Gasteiger partial charge in [0.15, 0.2) is 6.10 Å². The van der Waals surface area contributed by atoms with Crippen LogP contribution in [0.3, 0.4) is 0 Å². The van der Waals surface area contributed by atoms with Crippen molar-refractivity contribution < 1.29 is 18.8 Å². The van der Waals surface area contributed by atoms with E-state index in [0.29, 0.717) is 5.69 Å². The van der Waals surface area contributed by atoms with Gasteiger partial charge in [-0.3, -0.25) is 14.4 Å². The van der Waals surface area contributed by atoms with Crippen LogP contribution in [-0.4, -0.2) is 17.9 Å². The molecule has 5 rings (SSSR count). The maximum Gasteiger partial charge on any atom is 0.266 e. The minimum atomic E-state index is -0.932. The van der Waals surface area contributed by atoms with Gasteiger partial charge in [0.25, 0.3) is 5.91 Å². The van der Waals surface area contributed by atoms with Crippen LogP contribution in [0.2, 0.25) is 0 Å². The number of hydrogen-bond donors (Lipinski definition) is 0. The van der Waals surface area contributed by atoms with Crippen LogP contribution < -0.4 is 9.96 Å². The van der Waals surface area contributed by atoms with Crippen molar-refractivity contribution in [3.63, 3.8) is 0 Å². The maximum absolute atomic E-state index is 13.3. The van der Waals surface area contributed by atoms with Crippen molar-refractivity contribution in [2.24, 2.45) is 5.92 Å². The zero-order chi connectivity index (χ0) is 20.0. The first-order valence-electron chi connectivity index (χ1n) is 9.34. The highest BCUT2D eigenvalue weighted by Crippen LogP contribution is 2.47. The standard InChI is InChI=1S/C23H17FN2O3/c24-16-11-13-17(14-12-16)25-22(27)19-20(15-7-3-1-4-8-15)26(29-21(19)23(25)28)18-9-5-2-6-10-18/h1-14,19-21H/t19-,20-,21-/m0/s1. The third-order valence-electron chi connectivity index (χ3n) is 5.35. The van der Waals surface area contributed by atoms with E-state index in [1.807, 2.05) is 60.7 Å². The maximum atomic E-state index is 13.3. The van der Waals surface area contributed by atoms with Gasteiger partial charge in [0.2, 0.25) is 5.91 Å². The molecule has 144 valence electrons. The summed E-state index contributed by atoms with van der Waals surface area (Å²) in [5.74, 6) is -1.92. The highest BCUT2D eigenvalue weighted by molar-refractivity contribution is 6.23. The Balaban J connectivity index is 1.58. The molecule has 0 spiro atoms. The monoisotopic (exact) mass is 388 g/mol. The number of benzene rings is 3. The van der Waals surface area contributed by atoms with Gasteiger partial charge >= 0.3 is 0 Å². The quantitative estimate of drug-likeness (QED) is 0.639. The molecule has 2 fully saturated rings. The third kappa shape index (κ3) is 2.80. The second kappa shape index (κ2) is 6.83. The van der Waals surface area contributed by atoms with Gasteiger partial charge in [-0.15, -0.1) is 0 Å². The Kier molecular flexibility index (Phi) is 4.14. The lowest BCUT2D eigenvalue weighted by atomic mass is 9.90. The summed E-state index contributed by atoms with van der Waals surface area (Å²) in [4.78, 5) is 33.6. The third-order valence-corrected chi connectivity index (χ3v) is 5.35. The van der Waals surface area contributed by atoms with Gasteiger partial charge < -0.3 is 0 Å². The molecule has 0 radical (unpaired) electrons. The minimum absolute atomic E-state index is 0.345. The fourth-order valence-corrected chi connectivity index (χ4v) is 4.05. The highest BCUT2D eigenvalue weighted by Gasteiger charge is 2.60. The largest absolute Gasteiger partial charge is 0.273 e. The average molecular weight is 388 g/mol. The van der Waals surface area contributed by atoms with Crippen LogP contribution in [0.25, 0.3) is 0 Å². The normalized spacial score (nSPS) is 23.6. The number of para-hydroxylation sites is 1. The van der Waals surface area contributed by atoms with E-state index in [1.54, 1.807) is 5.06 Å². The Morgan fingerprint density at radius 3 is 2.00 bits per heavy atom. The van der Waals surface area contributed by atoms with E-state index >= 15 is 0 Å². The minimum Gasteiger partial charge on any atom is -0.273 e. The Bertz CT molecular complexity index is 1060. The summed E-state index contributed by atoms with van der Waals surface area (Å²) in [7, 11) is 0. The van der Waals surface area contributed by atoms with Crippen LogP contribution in [0.15, 0.2) is 84.9 Å². The zero-order valence-corrected chi connectivity index (χ0v) is 15.3. The molecule has 0 aliphatic carbocycles. The molecule has 5 nitrogen and oxygen atoms in total. The zero-order valence-electron chi connectivity index (χ0n) is 15.3. The Hall–Kier alpha value is -3.51. The number of anilines is 2. The van der Waals surface area contributed by atoms with E-state index in [9.17, 15) is 14.0 Å².